The summed E-state index contributed by atoms with van der Waals surface area (Å²) >= 11 is 3.66. The average Bonchev–Trinajstić information content (AvgIpc) is 3.95. The fourth-order valence-corrected chi connectivity index (χ4v) is 7.92. The number of aryl methyl sites for hydroxylation is 8. The second-order valence-corrected chi connectivity index (χ2v) is 15.4. The van der Waals surface area contributed by atoms with Gasteiger partial charge in [0.2, 0.25) is 0 Å². The van der Waals surface area contributed by atoms with Crippen molar-refractivity contribution in [2.75, 3.05) is 23.0 Å². The number of hydrogen-bond donors (Lipinski definition) is 0. The van der Waals surface area contributed by atoms with E-state index in [4.69, 9.17) is 4.74 Å². The molecule has 0 saturated carbocycles. The van der Waals surface area contributed by atoms with E-state index in [2.05, 4.69) is 234 Å². The third kappa shape index (κ3) is 10.7. The molecule has 0 aliphatic carbocycles. The number of ether oxygens (including phenoxy) is 1. The summed E-state index contributed by atoms with van der Waals surface area (Å²) in [4.78, 5) is 4.57. The standard InChI is InChI=1S/2C23H23N2.C4H8O.2ClH.Cu/c2*1-16-9-17(2)12-20(11-16)24-15-25(23-8-6-5-7-22(23)24)21-13-18(3)10-19(4)14-21;1-2-4-5-3-1;;;/h2*5-15H,1-4H3;1-4H2;2*1H;/q-1;+1;;;;+2/p-2. The minimum atomic E-state index is 0. The normalized spacial score (nSPS) is 12.7. The number of halogens is 2. The Hall–Kier alpha value is -4.55. The van der Waals surface area contributed by atoms with Gasteiger partial charge in [-0.1, -0.05) is 48.5 Å². The maximum absolute atomic E-state index is 4.94. The van der Waals surface area contributed by atoms with Crippen molar-refractivity contribution in [3.05, 3.63) is 179 Å². The van der Waals surface area contributed by atoms with Crippen LogP contribution in [0.3, 0.4) is 0 Å². The number of rotatable bonds is 4. The van der Waals surface area contributed by atoms with E-state index in [1.54, 1.807) is 0 Å². The molecule has 8 heteroatoms. The summed E-state index contributed by atoms with van der Waals surface area (Å²) < 4.78 is 9.51. The molecule has 2 aliphatic heterocycles. The summed E-state index contributed by atoms with van der Waals surface area (Å²) in [6.07, 6.45) is 4.76. The number of fused-ring (bicyclic) bond motifs is 2. The molecule has 0 bridgehead atoms. The van der Waals surface area contributed by atoms with Gasteiger partial charge < -0.3 is 26.9 Å². The van der Waals surface area contributed by atoms with Gasteiger partial charge in [-0.15, -0.1) is 6.67 Å². The third-order valence-electron chi connectivity index (χ3n) is 10.0. The number of aromatic nitrogens is 2. The number of benzene rings is 6. The Kier molecular flexibility index (Phi) is 15.7. The van der Waals surface area contributed by atoms with Gasteiger partial charge in [0.25, 0.3) is 6.33 Å². The molecule has 0 spiro atoms. The third-order valence-corrected chi connectivity index (χ3v) is 10.0. The van der Waals surface area contributed by atoms with Gasteiger partial charge in [0.05, 0.1) is 0 Å². The molecule has 305 valence electrons. The molecule has 5 nitrogen and oxygen atoms in total. The number of anilines is 4. The van der Waals surface area contributed by atoms with Gasteiger partial charge in [0.1, 0.15) is 11.4 Å². The summed E-state index contributed by atoms with van der Waals surface area (Å²) in [6.45, 7) is 21.4. The monoisotopic (exact) mass is 859 g/mol. The van der Waals surface area contributed by atoms with Crippen molar-refractivity contribution in [3.8, 4) is 11.4 Å². The first kappa shape index (κ1) is 44.6. The molecule has 6 aromatic carbocycles. The van der Waals surface area contributed by atoms with Gasteiger partial charge in [-0.05, 0) is 186 Å². The molecule has 2 aliphatic rings. The predicted octanol–water partition coefficient (Wildman–Crippen LogP) is 9.96. The van der Waals surface area contributed by atoms with Crippen LogP contribution in [0.4, 0.5) is 22.7 Å². The molecule has 9 rings (SSSR count). The summed E-state index contributed by atoms with van der Waals surface area (Å²) in [5.41, 5.74) is 19.9. The molecule has 0 amide bonds. The zero-order valence-electron chi connectivity index (χ0n) is 34.8. The average molecular weight is 861 g/mol. The van der Waals surface area contributed by atoms with Crippen LogP contribution in [0.25, 0.3) is 22.4 Å². The van der Waals surface area contributed by atoms with Gasteiger partial charge in [0.15, 0.2) is 11.0 Å². The Morgan fingerprint density at radius 1 is 0.517 bits per heavy atom. The molecule has 1 aromatic heterocycles. The zero-order chi connectivity index (χ0) is 40.6. The first-order valence-corrected chi connectivity index (χ1v) is 20.9. The predicted molar refractivity (Wildman–Crippen MR) is 237 cm³/mol. The van der Waals surface area contributed by atoms with Crippen LogP contribution >= 0.6 is 10.1 Å². The Morgan fingerprint density at radius 3 is 1.31 bits per heavy atom. The van der Waals surface area contributed by atoms with Crippen LogP contribution in [0.1, 0.15) is 57.3 Å². The summed E-state index contributed by atoms with van der Waals surface area (Å²) in [6, 6.07) is 44.0. The molecule has 1 saturated heterocycles. The Bertz CT molecular complexity index is 2220. The van der Waals surface area contributed by atoms with Gasteiger partial charge in [-0.2, -0.15) is 9.13 Å². The molecule has 0 unspecified atom stereocenters. The van der Waals surface area contributed by atoms with E-state index in [-0.39, 0.29) is 12.4 Å². The first-order valence-electron chi connectivity index (χ1n) is 19.6. The van der Waals surface area contributed by atoms with E-state index in [1.165, 1.54) is 103 Å². The van der Waals surface area contributed by atoms with Gasteiger partial charge in [-0.25, -0.2) is 0 Å². The van der Waals surface area contributed by atoms with Crippen LogP contribution in [0.5, 0.6) is 0 Å². The van der Waals surface area contributed by atoms with E-state index >= 15 is 0 Å². The number of nitrogens with zero attached hydrogens (tertiary/aromatic N) is 4. The van der Waals surface area contributed by atoms with E-state index in [1.807, 2.05) is 0 Å². The molecule has 1 fully saturated rings. The number of hydrogen-bond acceptors (Lipinski definition) is 3. The van der Waals surface area contributed by atoms with Crippen LogP contribution in [0.2, 0.25) is 0 Å². The summed E-state index contributed by atoms with van der Waals surface area (Å²) in [5.74, 6) is 0. The minimum absolute atomic E-state index is 0. The molecular weight excluding hydrogens is 807 g/mol. The van der Waals surface area contributed by atoms with Crippen molar-refractivity contribution < 1.29 is 36.8 Å². The topological polar surface area (TPSA) is 24.5 Å². The Balaban J connectivity index is 0.000000187. The van der Waals surface area contributed by atoms with Crippen LogP contribution in [-0.2, 0) is 19.8 Å². The van der Waals surface area contributed by atoms with Crippen molar-refractivity contribution in [2.24, 2.45) is 0 Å². The quantitative estimate of drug-likeness (QED) is 0.100. The van der Waals surface area contributed by atoms with Crippen LogP contribution in [-0.4, -0.2) is 17.8 Å². The zero-order valence-corrected chi connectivity index (χ0v) is 37.2. The fraction of sp³-hybridized carbons (Fsp3) is 0.240. The number of para-hydroxylation sites is 4. The van der Waals surface area contributed by atoms with Crippen molar-refractivity contribution >= 4 is 43.9 Å². The molecule has 0 atom stereocenters. The van der Waals surface area contributed by atoms with Crippen molar-refractivity contribution in [1.82, 2.24) is 4.57 Å². The molecule has 0 N–H and O–H groups in total. The van der Waals surface area contributed by atoms with Crippen LogP contribution < -0.4 is 26.8 Å². The van der Waals surface area contributed by atoms with E-state index < -0.39 is 0 Å². The van der Waals surface area contributed by atoms with Crippen molar-refractivity contribution in [1.29, 1.82) is 0 Å². The first-order chi connectivity index (χ1) is 27.5. The second kappa shape index (κ2) is 20.4. The second-order valence-electron chi connectivity index (χ2n) is 15.4. The van der Waals surface area contributed by atoms with Crippen LogP contribution in [0, 0.1) is 62.1 Å². The SMILES string of the molecule is C1CCOC1.Cc1cc(C)cc(-n2c[n+](-c3cc(C)cc(C)c3)c3ccccc32)c1.Cc1cc(C)cc(N2[CH-]N(c3cc(C)cc(C)c3)c3ccccc32)c1.[Cl-].[Cl][Cu+]. The molecule has 58 heavy (non-hydrogen) atoms. The molecular formula is C50H54Cl2CuN4O. The van der Waals surface area contributed by atoms with E-state index in [0.717, 1.165) is 13.2 Å². The van der Waals surface area contributed by atoms with Crippen molar-refractivity contribution in [3.63, 3.8) is 0 Å². The van der Waals surface area contributed by atoms with E-state index in [0.29, 0.717) is 0 Å². The number of imidazole rings is 1. The van der Waals surface area contributed by atoms with Crippen molar-refractivity contribution in [2.45, 2.75) is 68.2 Å². The maximum atomic E-state index is 4.94. The Labute approximate surface area is 364 Å². The molecule has 0 radical (unpaired) electrons. The van der Waals surface area contributed by atoms with Gasteiger partial charge in [0, 0.05) is 36.0 Å². The Morgan fingerprint density at radius 2 is 0.897 bits per heavy atom. The van der Waals surface area contributed by atoms with E-state index in [9.17, 15) is 0 Å². The van der Waals surface area contributed by atoms with Crippen LogP contribution in [0.15, 0.2) is 128 Å². The summed E-state index contributed by atoms with van der Waals surface area (Å²) in [5, 5.41) is 0. The molecule has 3 heterocycles. The fourth-order valence-electron chi connectivity index (χ4n) is 7.92. The summed E-state index contributed by atoms with van der Waals surface area (Å²) in [7, 11) is 4.20. The van der Waals surface area contributed by atoms with Gasteiger partial charge >= 0.3 is 25.2 Å². The van der Waals surface area contributed by atoms with Gasteiger partial charge in [-0.3, -0.25) is 0 Å². The molecule has 7 aromatic rings.